The van der Waals surface area contributed by atoms with Crippen molar-refractivity contribution in [1.82, 2.24) is 9.78 Å². The van der Waals surface area contributed by atoms with Crippen molar-refractivity contribution in [2.24, 2.45) is 0 Å². The molecule has 6 nitrogen and oxygen atoms in total. The molecule has 2 aromatic carbocycles. The van der Waals surface area contributed by atoms with Crippen LogP contribution in [0.15, 0.2) is 60.9 Å². The fourth-order valence-corrected chi connectivity index (χ4v) is 2.75. The highest BCUT2D eigenvalue weighted by Crippen LogP contribution is 2.27. The number of hydrogen-bond donors (Lipinski definition) is 1. The molecule has 0 saturated carbocycles. The summed E-state index contributed by atoms with van der Waals surface area (Å²) in [5.74, 6) is 0. The number of nitrogens with one attached hydrogen (secondary N) is 1. The molecule has 0 saturated heterocycles. The highest BCUT2D eigenvalue weighted by Gasteiger charge is 2.14. The van der Waals surface area contributed by atoms with E-state index in [-0.39, 0.29) is 16.7 Å². The van der Waals surface area contributed by atoms with E-state index < -0.39 is 0 Å². The summed E-state index contributed by atoms with van der Waals surface area (Å²) in [6, 6.07) is 15.0. The van der Waals surface area contributed by atoms with Crippen molar-refractivity contribution in [3.63, 3.8) is 0 Å². The van der Waals surface area contributed by atoms with Gasteiger partial charge in [0, 0.05) is 29.7 Å². The zero-order valence-corrected chi connectivity index (χ0v) is 13.5. The van der Waals surface area contributed by atoms with Gasteiger partial charge in [-0.05, 0) is 43.7 Å². The maximum absolute atomic E-state index is 10.9. The average Bonchev–Trinajstić information content (AvgIpc) is 3.09. The Bertz CT molecular complexity index is 859. The average molecular weight is 322 g/mol. The third-order valence-corrected chi connectivity index (χ3v) is 3.93. The minimum atomic E-state index is -0.366. The normalized spacial score (nSPS) is 11.9. The molecule has 0 bridgehead atoms. The minimum absolute atomic E-state index is 0.0197. The molecule has 0 aliphatic heterocycles. The molecule has 122 valence electrons. The summed E-state index contributed by atoms with van der Waals surface area (Å²) in [5, 5.41) is 18.6. The summed E-state index contributed by atoms with van der Waals surface area (Å²) in [6.07, 6.45) is 3.65. The van der Waals surface area contributed by atoms with E-state index in [0.717, 1.165) is 16.9 Å². The molecule has 24 heavy (non-hydrogen) atoms. The number of benzene rings is 2. The predicted octanol–water partition coefficient (Wildman–Crippen LogP) is 4.26. The van der Waals surface area contributed by atoms with Gasteiger partial charge in [-0.1, -0.05) is 18.2 Å². The Balaban J connectivity index is 1.87. The van der Waals surface area contributed by atoms with E-state index in [0.29, 0.717) is 5.56 Å². The highest BCUT2D eigenvalue weighted by atomic mass is 16.6. The predicted molar refractivity (Wildman–Crippen MR) is 93.4 cm³/mol. The van der Waals surface area contributed by atoms with Gasteiger partial charge in [-0.3, -0.25) is 10.1 Å². The van der Waals surface area contributed by atoms with Gasteiger partial charge in [-0.2, -0.15) is 5.10 Å². The van der Waals surface area contributed by atoms with E-state index in [9.17, 15) is 10.1 Å². The monoisotopic (exact) mass is 322 g/mol. The lowest BCUT2D eigenvalue weighted by Gasteiger charge is -2.19. The largest absolute Gasteiger partial charge is 0.378 e. The van der Waals surface area contributed by atoms with Gasteiger partial charge in [0.1, 0.15) is 0 Å². The standard InChI is InChI=1S/C18H18N4O2/c1-13-12-15(8-9-17(13)22(23)24)20-14(2)16-6-3-4-7-18(16)21-11-5-10-19-21/h3-12,14,20H,1-2H3. The van der Waals surface area contributed by atoms with Gasteiger partial charge in [0.2, 0.25) is 0 Å². The molecule has 1 heterocycles. The lowest BCUT2D eigenvalue weighted by Crippen LogP contribution is -2.11. The lowest BCUT2D eigenvalue weighted by atomic mass is 10.1. The zero-order valence-electron chi connectivity index (χ0n) is 13.5. The fraction of sp³-hybridized carbons (Fsp3) is 0.167. The number of aryl methyl sites for hydroxylation is 1. The topological polar surface area (TPSA) is 73.0 Å². The summed E-state index contributed by atoms with van der Waals surface area (Å²) in [5.41, 5.74) is 3.71. The molecule has 1 unspecified atom stereocenters. The molecule has 1 atom stereocenters. The number of nitro benzene ring substituents is 1. The molecule has 0 spiro atoms. The summed E-state index contributed by atoms with van der Waals surface area (Å²) in [6.45, 7) is 3.80. The molecule has 0 radical (unpaired) electrons. The number of hydrogen-bond acceptors (Lipinski definition) is 4. The molecular formula is C18H18N4O2. The molecule has 6 heteroatoms. The van der Waals surface area contributed by atoms with E-state index >= 15 is 0 Å². The van der Waals surface area contributed by atoms with Gasteiger partial charge >= 0.3 is 0 Å². The second kappa shape index (κ2) is 6.54. The Morgan fingerprint density at radius 1 is 1.21 bits per heavy atom. The molecule has 0 aliphatic carbocycles. The number of rotatable bonds is 5. The maximum atomic E-state index is 10.9. The molecule has 0 amide bonds. The van der Waals surface area contributed by atoms with Crippen LogP contribution in [-0.4, -0.2) is 14.7 Å². The smallest absolute Gasteiger partial charge is 0.272 e. The van der Waals surface area contributed by atoms with Crippen molar-refractivity contribution in [2.45, 2.75) is 19.9 Å². The van der Waals surface area contributed by atoms with E-state index in [1.807, 2.05) is 41.2 Å². The Morgan fingerprint density at radius 2 is 2.00 bits per heavy atom. The van der Waals surface area contributed by atoms with Crippen LogP contribution in [-0.2, 0) is 0 Å². The number of nitro groups is 1. The Kier molecular flexibility index (Phi) is 4.29. The van der Waals surface area contributed by atoms with Crippen molar-refractivity contribution in [3.8, 4) is 5.69 Å². The minimum Gasteiger partial charge on any atom is -0.378 e. The SMILES string of the molecule is Cc1cc(NC(C)c2ccccc2-n2cccn2)ccc1[N+](=O)[O-]. The number of aromatic nitrogens is 2. The number of para-hydroxylation sites is 1. The molecule has 1 aromatic heterocycles. The van der Waals surface area contributed by atoms with E-state index in [2.05, 4.69) is 17.3 Å². The first kappa shape index (κ1) is 15.7. The van der Waals surface area contributed by atoms with Crippen molar-refractivity contribution in [3.05, 3.63) is 82.2 Å². The van der Waals surface area contributed by atoms with Crippen LogP contribution in [0.3, 0.4) is 0 Å². The Hall–Kier alpha value is -3.15. The summed E-state index contributed by atoms with van der Waals surface area (Å²) in [7, 11) is 0. The van der Waals surface area contributed by atoms with Gasteiger partial charge in [0.25, 0.3) is 5.69 Å². The van der Waals surface area contributed by atoms with Gasteiger partial charge in [0.15, 0.2) is 0 Å². The van der Waals surface area contributed by atoms with E-state index in [1.54, 1.807) is 25.3 Å². The first-order valence-electron chi connectivity index (χ1n) is 7.67. The quantitative estimate of drug-likeness (QED) is 0.562. The molecule has 1 N–H and O–H groups in total. The van der Waals surface area contributed by atoms with Gasteiger partial charge in [-0.15, -0.1) is 0 Å². The van der Waals surface area contributed by atoms with Crippen molar-refractivity contribution < 1.29 is 4.92 Å². The second-order valence-electron chi connectivity index (χ2n) is 5.63. The number of anilines is 1. The van der Waals surface area contributed by atoms with Gasteiger partial charge < -0.3 is 5.32 Å². The molecule has 3 rings (SSSR count). The summed E-state index contributed by atoms with van der Waals surface area (Å²) < 4.78 is 1.83. The van der Waals surface area contributed by atoms with E-state index in [1.165, 1.54) is 6.07 Å². The third-order valence-electron chi connectivity index (χ3n) is 3.93. The number of nitrogens with zero attached hydrogens (tertiary/aromatic N) is 3. The van der Waals surface area contributed by atoms with Crippen LogP contribution in [0.1, 0.15) is 24.1 Å². The zero-order chi connectivity index (χ0) is 17.1. The van der Waals surface area contributed by atoms with Crippen molar-refractivity contribution in [2.75, 3.05) is 5.32 Å². The second-order valence-corrected chi connectivity index (χ2v) is 5.63. The van der Waals surface area contributed by atoms with Gasteiger partial charge in [0.05, 0.1) is 16.7 Å². The van der Waals surface area contributed by atoms with Crippen LogP contribution >= 0.6 is 0 Å². The van der Waals surface area contributed by atoms with Crippen molar-refractivity contribution in [1.29, 1.82) is 0 Å². The first-order chi connectivity index (χ1) is 11.6. The summed E-state index contributed by atoms with van der Waals surface area (Å²) >= 11 is 0. The van der Waals surface area contributed by atoms with Crippen LogP contribution in [0, 0.1) is 17.0 Å². The van der Waals surface area contributed by atoms with Crippen LogP contribution in [0.5, 0.6) is 0 Å². The third kappa shape index (κ3) is 3.12. The molecule has 0 aliphatic rings. The Labute approximate surface area is 139 Å². The Morgan fingerprint density at radius 3 is 2.67 bits per heavy atom. The van der Waals surface area contributed by atoms with E-state index in [4.69, 9.17) is 0 Å². The molecule has 3 aromatic rings. The first-order valence-corrected chi connectivity index (χ1v) is 7.67. The highest BCUT2D eigenvalue weighted by molar-refractivity contribution is 5.55. The van der Waals surface area contributed by atoms with Gasteiger partial charge in [-0.25, -0.2) is 4.68 Å². The van der Waals surface area contributed by atoms with Crippen LogP contribution < -0.4 is 5.32 Å². The van der Waals surface area contributed by atoms with Crippen molar-refractivity contribution >= 4 is 11.4 Å². The van der Waals surface area contributed by atoms with Crippen LogP contribution in [0.2, 0.25) is 0 Å². The van der Waals surface area contributed by atoms with Crippen LogP contribution in [0.4, 0.5) is 11.4 Å². The molecule has 0 fully saturated rings. The maximum Gasteiger partial charge on any atom is 0.272 e. The molecular weight excluding hydrogens is 304 g/mol. The summed E-state index contributed by atoms with van der Waals surface area (Å²) in [4.78, 5) is 10.6. The fourth-order valence-electron chi connectivity index (χ4n) is 2.75. The van der Waals surface area contributed by atoms with Crippen LogP contribution in [0.25, 0.3) is 5.69 Å². The lowest BCUT2D eigenvalue weighted by molar-refractivity contribution is -0.385.